The van der Waals surface area contributed by atoms with Crippen LogP contribution in [0.15, 0.2) is 42.7 Å². The van der Waals surface area contributed by atoms with Crippen molar-refractivity contribution in [1.29, 1.82) is 0 Å². The van der Waals surface area contributed by atoms with Crippen LogP contribution in [0.3, 0.4) is 0 Å². The number of amides is 3. The molecule has 1 aliphatic heterocycles. The van der Waals surface area contributed by atoms with Crippen LogP contribution in [0, 0.1) is 5.82 Å². The molecule has 2 aromatic rings. The number of carbonyl (C=O) groups excluding carboxylic acids is 2. The summed E-state index contributed by atoms with van der Waals surface area (Å²) in [5.74, 6) is -0.264. The number of halogens is 1. The minimum Gasteiger partial charge on any atom is -0.488 e. The number of carbonyl (C=O) groups is 2. The highest BCUT2D eigenvalue weighted by Crippen LogP contribution is 2.23. The summed E-state index contributed by atoms with van der Waals surface area (Å²) in [6.45, 7) is 0.375. The van der Waals surface area contributed by atoms with Crippen LogP contribution in [0.25, 0.3) is 0 Å². The van der Waals surface area contributed by atoms with Crippen molar-refractivity contribution < 1.29 is 18.7 Å². The Hall–Kier alpha value is -3.16. The van der Waals surface area contributed by atoms with Gasteiger partial charge >= 0.3 is 6.03 Å². The number of urea groups is 1. The highest BCUT2D eigenvalue weighted by atomic mass is 19.1. The summed E-state index contributed by atoms with van der Waals surface area (Å²) >= 11 is 0. The minimum absolute atomic E-state index is 0.0199. The molecular weight excluding hydrogens is 327 g/mol. The number of aromatic nitrogens is 1. The molecule has 0 radical (unpaired) electrons. The van der Waals surface area contributed by atoms with Gasteiger partial charge in [-0.15, -0.1) is 0 Å². The summed E-state index contributed by atoms with van der Waals surface area (Å²) < 4.78 is 19.5. The Morgan fingerprint density at radius 3 is 2.84 bits per heavy atom. The maximum Gasteiger partial charge on any atom is 0.323 e. The average Bonchev–Trinajstić information content (AvgIpc) is 2.57. The Labute approximate surface area is 143 Å². The summed E-state index contributed by atoms with van der Waals surface area (Å²) in [7, 11) is 0. The zero-order valence-corrected chi connectivity index (χ0v) is 13.3. The number of hydrogen-bond donors (Lipinski definition) is 3. The molecule has 1 aliphatic rings. The van der Waals surface area contributed by atoms with Crippen LogP contribution in [0.1, 0.15) is 12.8 Å². The molecule has 1 saturated heterocycles. The van der Waals surface area contributed by atoms with E-state index < -0.39 is 11.8 Å². The van der Waals surface area contributed by atoms with Gasteiger partial charge < -0.3 is 20.7 Å². The second kappa shape index (κ2) is 7.61. The fraction of sp³-hybridized carbons (Fsp3) is 0.235. The largest absolute Gasteiger partial charge is 0.488 e. The summed E-state index contributed by atoms with van der Waals surface area (Å²) in [6.07, 6.45) is 3.80. The van der Waals surface area contributed by atoms with E-state index >= 15 is 0 Å². The maximum absolute atomic E-state index is 13.8. The van der Waals surface area contributed by atoms with Crippen molar-refractivity contribution >= 4 is 23.3 Å². The molecular formula is C17H17FN4O3. The first kappa shape index (κ1) is 16.7. The first-order valence-electron chi connectivity index (χ1n) is 7.80. The van der Waals surface area contributed by atoms with Crippen LogP contribution in [0.4, 0.5) is 20.6 Å². The number of rotatable bonds is 4. The van der Waals surface area contributed by atoms with Crippen LogP contribution in [0.2, 0.25) is 0 Å². The number of ether oxygens (including phenoxy) is 1. The van der Waals surface area contributed by atoms with Crippen molar-refractivity contribution in [2.24, 2.45) is 0 Å². The summed E-state index contributed by atoms with van der Waals surface area (Å²) in [6, 6.07) is 6.81. The fourth-order valence-electron chi connectivity index (χ4n) is 2.44. The smallest absolute Gasteiger partial charge is 0.323 e. The molecule has 130 valence electrons. The van der Waals surface area contributed by atoms with Crippen molar-refractivity contribution in [3.05, 3.63) is 48.5 Å². The molecule has 7 nitrogen and oxygen atoms in total. The number of benzene rings is 1. The molecule has 1 aromatic carbocycles. The highest BCUT2D eigenvalue weighted by Gasteiger charge is 2.19. The molecule has 0 spiro atoms. The van der Waals surface area contributed by atoms with E-state index in [2.05, 4.69) is 20.9 Å². The van der Waals surface area contributed by atoms with Gasteiger partial charge in [-0.3, -0.25) is 9.78 Å². The van der Waals surface area contributed by atoms with Gasteiger partial charge in [0.05, 0.1) is 18.4 Å². The molecule has 1 unspecified atom stereocenters. The van der Waals surface area contributed by atoms with Crippen molar-refractivity contribution in [2.45, 2.75) is 18.9 Å². The zero-order valence-electron chi connectivity index (χ0n) is 13.3. The third-order valence-electron chi connectivity index (χ3n) is 3.57. The van der Waals surface area contributed by atoms with Gasteiger partial charge in [-0.05, 0) is 24.6 Å². The number of piperidine rings is 1. The van der Waals surface area contributed by atoms with Gasteiger partial charge in [-0.2, -0.15) is 0 Å². The Morgan fingerprint density at radius 2 is 2.12 bits per heavy atom. The zero-order chi connectivity index (χ0) is 17.6. The lowest BCUT2D eigenvalue weighted by molar-refractivity contribution is -0.123. The predicted octanol–water partition coefficient (Wildman–Crippen LogP) is 2.52. The SMILES string of the molecule is O=C1CCC(Oc2cc(F)cc(NC(=O)Nc3cccnc3)c2)CN1. The first-order chi connectivity index (χ1) is 12.1. The topological polar surface area (TPSA) is 92.3 Å². The van der Waals surface area contributed by atoms with E-state index in [4.69, 9.17) is 4.74 Å². The number of nitrogens with zero attached hydrogens (tertiary/aromatic N) is 1. The molecule has 0 saturated carbocycles. The van der Waals surface area contributed by atoms with Crippen molar-refractivity contribution in [3.63, 3.8) is 0 Å². The number of anilines is 2. The van der Waals surface area contributed by atoms with Crippen LogP contribution in [0.5, 0.6) is 5.75 Å². The molecule has 25 heavy (non-hydrogen) atoms. The lowest BCUT2D eigenvalue weighted by Crippen LogP contribution is -2.40. The fourth-order valence-corrected chi connectivity index (χ4v) is 2.44. The van der Waals surface area contributed by atoms with Crippen LogP contribution in [-0.4, -0.2) is 29.6 Å². The summed E-state index contributed by atoms with van der Waals surface area (Å²) in [5.41, 5.74) is 0.780. The molecule has 0 bridgehead atoms. The van der Waals surface area contributed by atoms with Crippen molar-refractivity contribution in [2.75, 3.05) is 17.2 Å². The van der Waals surface area contributed by atoms with Crippen LogP contribution >= 0.6 is 0 Å². The predicted molar refractivity (Wildman–Crippen MR) is 89.9 cm³/mol. The normalized spacial score (nSPS) is 16.7. The van der Waals surface area contributed by atoms with E-state index in [1.807, 2.05) is 0 Å². The molecule has 2 heterocycles. The van der Waals surface area contributed by atoms with E-state index in [1.54, 1.807) is 18.3 Å². The standard InChI is InChI=1S/C17H17FN4O3/c18-11-6-13(22-17(24)21-12-2-1-5-19-9-12)8-15(7-11)25-14-3-4-16(23)20-10-14/h1-2,5-9,14H,3-4,10H2,(H,20,23)(H2,21,22,24). The average molecular weight is 344 g/mol. The summed E-state index contributed by atoms with van der Waals surface area (Å²) in [4.78, 5) is 27.0. The van der Waals surface area contributed by atoms with Gasteiger partial charge in [-0.25, -0.2) is 9.18 Å². The second-order valence-electron chi connectivity index (χ2n) is 5.58. The summed E-state index contributed by atoms with van der Waals surface area (Å²) in [5, 5.41) is 7.84. The molecule has 1 aromatic heterocycles. The second-order valence-corrected chi connectivity index (χ2v) is 5.58. The molecule has 8 heteroatoms. The van der Waals surface area contributed by atoms with Crippen molar-refractivity contribution in [1.82, 2.24) is 10.3 Å². The Balaban J connectivity index is 1.62. The molecule has 3 rings (SSSR count). The maximum atomic E-state index is 13.8. The van der Waals surface area contributed by atoms with Gasteiger partial charge in [0, 0.05) is 30.4 Å². The van der Waals surface area contributed by atoms with E-state index in [9.17, 15) is 14.0 Å². The molecule has 0 aliphatic carbocycles. The highest BCUT2D eigenvalue weighted by molar-refractivity contribution is 5.99. The van der Waals surface area contributed by atoms with Gasteiger partial charge in [0.2, 0.25) is 5.91 Å². The van der Waals surface area contributed by atoms with E-state index in [-0.39, 0.29) is 23.4 Å². The van der Waals surface area contributed by atoms with Crippen molar-refractivity contribution in [3.8, 4) is 5.75 Å². The third kappa shape index (κ3) is 4.90. The first-order valence-corrected chi connectivity index (χ1v) is 7.80. The van der Waals surface area contributed by atoms with Gasteiger partial charge in [0.25, 0.3) is 0 Å². The molecule has 1 fully saturated rings. The number of hydrogen-bond acceptors (Lipinski definition) is 4. The van der Waals surface area contributed by atoms with E-state index in [0.29, 0.717) is 25.1 Å². The van der Waals surface area contributed by atoms with Gasteiger partial charge in [0.1, 0.15) is 17.7 Å². The van der Waals surface area contributed by atoms with Gasteiger partial charge in [-0.1, -0.05) is 0 Å². The quantitative estimate of drug-likeness (QED) is 0.795. The minimum atomic E-state index is -0.533. The lowest BCUT2D eigenvalue weighted by atomic mass is 10.1. The van der Waals surface area contributed by atoms with Crippen LogP contribution in [-0.2, 0) is 4.79 Å². The third-order valence-corrected chi connectivity index (χ3v) is 3.57. The number of nitrogens with one attached hydrogen (secondary N) is 3. The monoisotopic (exact) mass is 344 g/mol. The molecule has 3 N–H and O–H groups in total. The van der Waals surface area contributed by atoms with E-state index in [1.165, 1.54) is 24.4 Å². The van der Waals surface area contributed by atoms with E-state index in [0.717, 1.165) is 0 Å². The number of pyridine rings is 1. The molecule has 3 amide bonds. The van der Waals surface area contributed by atoms with Crippen LogP contribution < -0.4 is 20.7 Å². The Bertz CT molecular complexity index is 760. The Kier molecular flexibility index (Phi) is 5.08. The molecule has 1 atom stereocenters. The lowest BCUT2D eigenvalue weighted by Gasteiger charge is -2.23. The van der Waals surface area contributed by atoms with Gasteiger partial charge in [0.15, 0.2) is 0 Å². The Morgan fingerprint density at radius 1 is 1.28 bits per heavy atom.